The van der Waals surface area contributed by atoms with Crippen LogP contribution in [-0.2, 0) is 16.1 Å². The molecule has 45 heavy (non-hydrogen) atoms. The maximum Gasteiger partial charge on any atom is 0.338 e. The van der Waals surface area contributed by atoms with Crippen molar-refractivity contribution in [3.8, 4) is 17.2 Å². The van der Waals surface area contributed by atoms with Crippen molar-refractivity contribution < 1.29 is 23.7 Å². The molecule has 234 valence electrons. The first-order valence-corrected chi connectivity index (χ1v) is 16.3. The summed E-state index contributed by atoms with van der Waals surface area (Å²) < 4.78 is 25.9. The van der Waals surface area contributed by atoms with E-state index in [1.165, 1.54) is 11.3 Å². The second-order valence-corrected chi connectivity index (χ2v) is 12.7. The summed E-state index contributed by atoms with van der Waals surface area (Å²) in [5.74, 6) is 1.04. The van der Waals surface area contributed by atoms with Gasteiger partial charge in [-0.15, -0.1) is 0 Å². The van der Waals surface area contributed by atoms with Gasteiger partial charge in [-0.2, -0.15) is 0 Å². The van der Waals surface area contributed by atoms with Gasteiger partial charge in [0.25, 0.3) is 5.56 Å². The first kappa shape index (κ1) is 32.5. The van der Waals surface area contributed by atoms with E-state index in [1.807, 2.05) is 62.4 Å². The third-order valence-electron chi connectivity index (χ3n) is 7.00. The van der Waals surface area contributed by atoms with Gasteiger partial charge in [-0.3, -0.25) is 9.36 Å². The quantitative estimate of drug-likeness (QED) is 0.173. The molecule has 0 saturated carbocycles. The van der Waals surface area contributed by atoms with E-state index in [2.05, 4.69) is 20.9 Å². The molecule has 8 nitrogen and oxygen atoms in total. The van der Waals surface area contributed by atoms with Crippen molar-refractivity contribution >= 4 is 50.9 Å². The van der Waals surface area contributed by atoms with Gasteiger partial charge in [0.1, 0.15) is 18.4 Å². The van der Waals surface area contributed by atoms with Gasteiger partial charge in [-0.25, -0.2) is 9.79 Å². The number of carbonyl (C=O) groups is 1. The van der Waals surface area contributed by atoms with Gasteiger partial charge in [0.05, 0.1) is 35.6 Å². The Bertz CT molecular complexity index is 1970. The average Bonchev–Trinajstić information content (AvgIpc) is 3.31. The van der Waals surface area contributed by atoms with Gasteiger partial charge in [0, 0.05) is 20.6 Å². The Kier molecular flexibility index (Phi) is 10.2. The maximum atomic E-state index is 14.2. The SMILES string of the molecule is CCOC(=O)C1=C(C)N=c2s/c(=C/c3cc(OC)c(OCc4ccccc4Cl)cc3Br)c(=O)n2[C@@H]1c1ccccc1OC(C)C. The number of nitrogens with zero attached hydrogens (tertiary/aromatic N) is 2. The van der Waals surface area contributed by atoms with Gasteiger partial charge in [-0.1, -0.05) is 75.3 Å². The largest absolute Gasteiger partial charge is 0.493 e. The van der Waals surface area contributed by atoms with Gasteiger partial charge >= 0.3 is 5.97 Å². The Labute approximate surface area is 278 Å². The molecular formula is C34H32BrClN2O6S. The summed E-state index contributed by atoms with van der Waals surface area (Å²) >= 11 is 11.2. The van der Waals surface area contributed by atoms with Gasteiger partial charge in [0.2, 0.25) is 0 Å². The number of halogens is 2. The fourth-order valence-corrected chi connectivity index (χ4v) is 6.66. The van der Waals surface area contributed by atoms with Crippen LogP contribution in [0.15, 0.2) is 86.2 Å². The van der Waals surface area contributed by atoms with Crippen LogP contribution in [0.3, 0.4) is 0 Å². The molecule has 0 bridgehead atoms. The van der Waals surface area contributed by atoms with Crippen LogP contribution in [0.2, 0.25) is 5.02 Å². The normalized spacial score (nSPS) is 14.7. The number of methoxy groups -OCH3 is 1. The first-order valence-electron chi connectivity index (χ1n) is 14.3. The summed E-state index contributed by atoms with van der Waals surface area (Å²) in [6.07, 6.45) is 1.65. The molecule has 0 aliphatic carbocycles. The van der Waals surface area contributed by atoms with Crippen LogP contribution in [0.5, 0.6) is 17.2 Å². The molecule has 0 fully saturated rings. The molecule has 0 unspecified atom stereocenters. The number of rotatable bonds is 10. The molecule has 5 rings (SSSR count). The van der Waals surface area contributed by atoms with E-state index in [1.54, 1.807) is 43.7 Å². The van der Waals surface area contributed by atoms with Crippen LogP contribution in [0, 0.1) is 0 Å². The number of thiazole rings is 1. The van der Waals surface area contributed by atoms with Crippen LogP contribution in [0.1, 0.15) is 50.4 Å². The highest BCUT2D eigenvalue weighted by Crippen LogP contribution is 2.37. The number of benzene rings is 3. The molecule has 1 aliphatic rings. The van der Waals surface area contributed by atoms with Crippen LogP contribution < -0.4 is 29.1 Å². The minimum absolute atomic E-state index is 0.123. The lowest BCUT2D eigenvalue weighted by Crippen LogP contribution is -2.40. The van der Waals surface area contributed by atoms with E-state index in [4.69, 9.17) is 30.5 Å². The molecule has 0 radical (unpaired) electrons. The van der Waals surface area contributed by atoms with Crippen molar-refractivity contribution in [1.29, 1.82) is 0 Å². The first-order chi connectivity index (χ1) is 21.6. The van der Waals surface area contributed by atoms with E-state index in [9.17, 15) is 9.59 Å². The predicted octanol–water partition coefficient (Wildman–Crippen LogP) is 6.59. The predicted molar refractivity (Wildman–Crippen MR) is 179 cm³/mol. The summed E-state index contributed by atoms with van der Waals surface area (Å²) in [5, 5.41) is 0.612. The molecule has 0 N–H and O–H groups in total. The van der Waals surface area contributed by atoms with Crippen LogP contribution in [0.4, 0.5) is 0 Å². The molecule has 3 aromatic carbocycles. The number of para-hydroxylation sites is 1. The Morgan fingerprint density at radius 1 is 1.11 bits per heavy atom. The molecule has 0 spiro atoms. The van der Waals surface area contributed by atoms with E-state index >= 15 is 0 Å². The third-order valence-corrected chi connectivity index (χ3v) is 9.04. The number of hydrogen-bond acceptors (Lipinski definition) is 8. The number of esters is 1. The van der Waals surface area contributed by atoms with Gasteiger partial charge in [0.15, 0.2) is 16.3 Å². The lowest BCUT2D eigenvalue weighted by atomic mass is 9.95. The molecule has 11 heteroatoms. The number of hydrogen-bond donors (Lipinski definition) is 0. The lowest BCUT2D eigenvalue weighted by Gasteiger charge is -2.26. The fourth-order valence-electron chi connectivity index (χ4n) is 5.00. The highest BCUT2D eigenvalue weighted by atomic mass is 79.9. The molecule has 2 heterocycles. The number of aromatic nitrogens is 1. The maximum absolute atomic E-state index is 14.2. The van der Waals surface area contributed by atoms with Gasteiger partial charge < -0.3 is 18.9 Å². The van der Waals surface area contributed by atoms with Crippen molar-refractivity contribution in [2.45, 2.75) is 46.4 Å². The summed E-state index contributed by atoms with van der Waals surface area (Å²) in [5.41, 5.74) is 2.67. The molecule has 1 aromatic heterocycles. The Hall–Kier alpha value is -3.86. The average molecular weight is 712 g/mol. The van der Waals surface area contributed by atoms with Crippen molar-refractivity contribution in [1.82, 2.24) is 4.57 Å². The lowest BCUT2D eigenvalue weighted by molar-refractivity contribution is -0.139. The molecule has 1 atom stereocenters. The number of allylic oxidation sites excluding steroid dienone is 1. The van der Waals surface area contributed by atoms with Crippen molar-refractivity contribution in [3.63, 3.8) is 0 Å². The zero-order valence-corrected chi connectivity index (χ0v) is 28.6. The summed E-state index contributed by atoms with van der Waals surface area (Å²) in [4.78, 5) is 32.6. The van der Waals surface area contributed by atoms with Crippen molar-refractivity contribution in [2.24, 2.45) is 4.99 Å². The van der Waals surface area contributed by atoms with E-state index < -0.39 is 12.0 Å². The molecular weight excluding hydrogens is 680 g/mol. The van der Waals surface area contributed by atoms with Crippen LogP contribution in [0.25, 0.3) is 6.08 Å². The van der Waals surface area contributed by atoms with Gasteiger partial charge in [-0.05, 0) is 63.6 Å². The molecule has 4 aromatic rings. The second-order valence-electron chi connectivity index (χ2n) is 10.4. The molecule has 0 saturated heterocycles. The highest BCUT2D eigenvalue weighted by Gasteiger charge is 2.35. The zero-order chi connectivity index (χ0) is 32.2. The minimum Gasteiger partial charge on any atom is -0.493 e. The monoisotopic (exact) mass is 710 g/mol. The topological polar surface area (TPSA) is 88.4 Å². The second kappa shape index (κ2) is 14.1. The van der Waals surface area contributed by atoms with E-state index in [-0.39, 0.29) is 24.9 Å². The third kappa shape index (κ3) is 6.88. The Morgan fingerprint density at radius 3 is 2.56 bits per heavy atom. The van der Waals surface area contributed by atoms with Crippen molar-refractivity contribution in [2.75, 3.05) is 13.7 Å². The van der Waals surface area contributed by atoms with Crippen molar-refractivity contribution in [3.05, 3.63) is 118 Å². The molecule has 0 amide bonds. The number of fused-ring (bicyclic) bond motifs is 1. The smallest absolute Gasteiger partial charge is 0.338 e. The highest BCUT2D eigenvalue weighted by molar-refractivity contribution is 9.10. The minimum atomic E-state index is -0.795. The summed E-state index contributed by atoms with van der Waals surface area (Å²) in [7, 11) is 1.56. The summed E-state index contributed by atoms with van der Waals surface area (Å²) in [6.45, 7) is 7.79. The summed E-state index contributed by atoms with van der Waals surface area (Å²) in [6, 6.07) is 17.7. The van der Waals surface area contributed by atoms with Crippen LogP contribution in [-0.4, -0.2) is 30.4 Å². The standard InChI is InChI=1S/C34H32BrClN2O6S/c1-6-42-33(40)30-20(4)37-34-38(31(30)23-12-8-10-14-26(23)44-19(2)3)32(39)29(45-34)16-22-15-27(41-5)28(17-24(22)35)43-18-21-11-7-9-13-25(21)36/h7-17,19,31H,6,18H2,1-5H3/b29-16+/t31-/m1/s1. The number of carbonyl (C=O) groups excluding carboxylic acids is 1. The zero-order valence-electron chi connectivity index (χ0n) is 25.4. The Balaban J connectivity index is 1.61. The van der Waals surface area contributed by atoms with Crippen LogP contribution >= 0.6 is 38.9 Å². The van der Waals surface area contributed by atoms with E-state index in [0.29, 0.717) is 58.5 Å². The molecule has 1 aliphatic heterocycles. The van der Waals surface area contributed by atoms with E-state index in [0.717, 1.165) is 5.56 Å². The fraction of sp³-hybridized carbons (Fsp3) is 0.265. The number of ether oxygens (including phenoxy) is 4. The Morgan fingerprint density at radius 2 is 1.84 bits per heavy atom.